The average molecular weight is 437 g/mol. The van der Waals surface area contributed by atoms with Gasteiger partial charge in [-0.2, -0.15) is 0 Å². The lowest BCUT2D eigenvalue weighted by Gasteiger charge is -2.37. The minimum atomic E-state index is 0.817. The molecule has 0 heteroatoms. The molecule has 4 rings (SSSR count). The highest BCUT2D eigenvalue weighted by Gasteiger charge is 2.30. The topological polar surface area (TPSA) is 0 Å². The van der Waals surface area contributed by atoms with Crippen molar-refractivity contribution in [2.45, 2.75) is 116 Å². The van der Waals surface area contributed by atoms with Gasteiger partial charge in [0.2, 0.25) is 0 Å². The molecular weight excluding hydrogens is 384 g/mol. The molecule has 2 atom stereocenters. The second-order valence-electron chi connectivity index (χ2n) is 12.2. The summed E-state index contributed by atoms with van der Waals surface area (Å²) in [5, 5.41) is 0. The third-order valence-electron chi connectivity index (χ3n) is 10.1. The molecule has 2 unspecified atom stereocenters. The fourth-order valence-corrected chi connectivity index (χ4v) is 7.74. The van der Waals surface area contributed by atoms with Gasteiger partial charge in [0, 0.05) is 0 Å². The Morgan fingerprint density at radius 3 is 1.62 bits per heavy atom. The summed E-state index contributed by atoms with van der Waals surface area (Å²) < 4.78 is 0. The number of hydrogen-bond donors (Lipinski definition) is 0. The summed E-state index contributed by atoms with van der Waals surface area (Å²) >= 11 is 0. The molecule has 0 heterocycles. The molecule has 0 aliphatic heterocycles. The van der Waals surface area contributed by atoms with Crippen molar-refractivity contribution in [2.24, 2.45) is 47.3 Å². The summed E-state index contributed by atoms with van der Waals surface area (Å²) in [5.41, 5.74) is 0. The highest BCUT2D eigenvalue weighted by molar-refractivity contribution is 5.02. The first kappa shape index (κ1) is 24.3. The quantitative estimate of drug-likeness (QED) is 0.332. The highest BCUT2D eigenvalue weighted by atomic mass is 14.4. The Morgan fingerprint density at radius 1 is 0.625 bits per heavy atom. The van der Waals surface area contributed by atoms with Gasteiger partial charge in [0.15, 0.2) is 0 Å². The Morgan fingerprint density at radius 2 is 1.16 bits per heavy atom. The molecule has 0 aromatic carbocycles. The van der Waals surface area contributed by atoms with Gasteiger partial charge in [0.1, 0.15) is 0 Å². The predicted octanol–water partition coefficient (Wildman–Crippen LogP) is 9.92. The normalized spacial score (nSPS) is 41.0. The minimum Gasteiger partial charge on any atom is -0.103 e. The zero-order valence-corrected chi connectivity index (χ0v) is 21.2. The van der Waals surface area contributed by atoms with Crippen molar-refractivity contribution in [1.82, 2.24) is 0 Å². The van der Waals surface area contributed by atoms with Gasteiger partial charge in [-0.05, 0) is 144 Å². The molecule has 0 aromatic rings. The first-order valence-corrected chi connectivity index (χ1v) is 14.7. The number of unbranched alkanes of at least 4 members (excludes halogenated alkanes) is 1. The van der Waals surface area contributed by atoms with Gasteiger partial charge in [0.25, 0.3) is 0 Å². The molecule has 0 nitrogen and oxygen atoms in total. The molecule has 0 bridgehead atoms. The Hall–Kier alpha value is -0.780. The van der Waals surface area contributed by atoms with E-state index in [1.54, 1.807) is 0 Å². The molecule has 4 aliphatic carbocycles. The Labute approximate surface area is 200 Å². The van der Waals surface area contributed by atoms with E-state index in [9.17, 15) is 0 Å². The summed E-state index contributed by atoms with van der Waals surface area (Å²) in [6.07, 6.45) is 37.4. The van der Waals surface area contributed by atoms with Crippen molar-refractivity contribution < 1.29 is 0 Å². The number of hydrogen-bond acceptors (Lipinski definition) is 0. The summed E-state index contributed by atoms with van der Waals surface area (Å²) in [4.78, 5) is 0. The maximum atomic E-state index is 4.02. The molecule has 0 spiro atoms. The zero-order valence-electron chi connectivity index (χ0n) is 21.2. The average Bonchev–Trinajstić information content (AvgIpc) is 2.87. The summed E-state index contributed by atoms with van der Waals surface area (Å²) in [6.45, 7) is 6.34. The number of allylic oxidation sites excluding steroid dienone is 5. The van der Waals surface area contributed by atoms with Crippen LogP contribution in [0.2, 0.25) is 0 Å². The first-order chi connectivity index (χ1) is 15.7. The van der Waals surface area contributed by atoms with Crippen LogP contribution in [0.15, 0.2) is 37.0 Å². The van der Waals surface area contributed by atoms with Crippen molar-refractivity contribution in [1.29, 1.82) is 0 Å². The van der Waals surface area contributed by atoms with Crippen LogP contribution in [0.5, 0.6) is 0 Å². The smallest absolute Gasteiger partial charge is 0.0205 e. The largest absolute Gasteiger partial charge is 0.103 e. The highest BCUT2D eigenvalue weighted by Crippen LogP contribution is 2.43. The van der Waals surface area contributed by atoms with Gasteiger partial charge in [-0.3, -0.25) is 0 Å². The molecule has 4 aliphatic rings. The van der Waals surface area contributed by atoms with Crippen LogP contribution >= 0.6 is 0 Å². The van der Waals surface area contributed by atoms with Gasteiger partial charge < -0.3 is 0 Å². The van der Waals surface area contributed by atoms with E-state index in [4.69, 9.17) is 0 Å². The lowest BCUT2D eigenvalue weighted by atomic mass is 9.69. The van der Waals surface area contributed by atoms with E-state index in [0.717, 1.165) is 47.3 Å². The fourth-order valence-electron chi connectivity index (χ4n) is 7.74. The first-order valence-electron chi connectivity index (χ1n) is 14.7. The summed E-state index contributed by atoms with van der Waals surface area (Å²) in [6, 6.07) is 0. The zero-order chi connectivity index (χ0) is 22.2. The molecule has 0 amide bonds. The summed E-state index contributed by atoms with van der Waals surface area (Å²) in [5.74, 6) is 7.41. The SMILES string of the molecule is C=CC1CCC(C2CCC(/C=C/C3CCC(C4C=CC(CCCC)CC4)CC3)CC2)CC1. The third-order valence-corrected chi connectivity index (χ3v) is 10.1. The second kappa shape index (κ2) is 12.6. The number of rotatable bonds is 8. The van der Waals surface area contributed by atoms with Crippen molar-refractivity contribution in [2.75, 3.05) is 0 Å². The van der Waals surface area contributed by atoms with Crippen LogP contribution in [0.1, 0.15) is 116 Å². The molecule has 3 fully saturated rings. The predicted molar refractivity (Wildman–Crippen MR) is 141 cm³/mol. The van der Waals surface area contributed by atoms with Gasteiger partial charge in [-0.25, -0.2) is 0 Å². The van der Waals surface area contributed by atoms with Crippen molar-refractivity contribution in [3.8, 4) is 0 Å². The standard InChI is InChI=1S/C32H52/c1-3-5-6-26-11-19-30(20-12-26)32-23-15-28(16-24-32)8-7-27-13-21-31(22-14-27)29-17-9-25(4-2)10-18-29/h4,7-8,11,19,25-32H,2-3,5-6,9-10,12-18,20-24H2,1H3/b8-7+. The van der Waals surface area contributed by atoms with Gasteiger partial charge >= 0.3 is 0 Å². The molecule has 0 aromatic heterocycles. The fraction of sp³-hybridized carbons (Fsp3) is 0.812. The van der Waals surface area contributed by atoms with Crippen LogP contribution in [0.4, 0.5) is 0 Å². The maximum Gasteiger partial charge on any atom is -0.0205 e. The van der Waals surface area contributed by atoms with Gasteiger partial charge in [-0.1, -0.05) is 50.1 Å². The Balaban J connectivity index is 1.13. The molecule has 180 valence electrons. The minimum absolute atomic E-state index is 0.817. The monoisotopic (exact) mass is 436 g/mol. The molecule has 0 saturated heterocycles. The van der Waals surface area contributed by atoms with E-state index in [1.807, 2.05) is 0 Å². The van der Waals surface area contributed by atoms with Gasteiger partial charge in [-0.15, -0.1) is 6.58 Å². The van der Waals surface area contributed by atoms with Crippen LogP contribution < -0.4 is 0 Å². The summed E-state index contributed by atoms with van der Waals surface area (Å²) in [7, 11) is 0. The van der Waals surface area contributed by atoms with Crippen LogP contribution in [0, 0.1) is 47.3 Å². The van der Waals surface area contributed by atoms with Crippen LogP contribution in [0.3, 0.4) is 0 Å². The van der Waals surface area contributed by atoms with E-state index in [-0.39, 0.29) is 0 Å². The van der Waals surface area contributed by atoms with Crippen molar-refractivity contribution >= 4 is 0 Å². The molecule has 0 radical (unpaired) electrons. The van der Waals surface area contributed by atoms with E-state index in [0.29, 0.717) is 0 Å². The third kappa shape index (κ3) is 6.87. The molecular formula is C32H52. The van der Waals surface area contributed by atoms with Crippen molar-refractivity contribution in [3.63, 3.8) is 0 Å². The Bertz CT molecular complexity index is 588. The maximum absolute atomic E-state index is 4.02. The molecule has 0 N–H and O–H groups in total. The van der Waals surface area contributed by atoms with Crippen LogP contribution in [0.25, 0.3) is 0 Å². The molecule has 32 heavy (non-hydrogen) atoms. The lowest BCUT2D eigenvalue weighted by molar-refractivity contribution is 0.166. The van der Waals surface area contributed by atoms with E-state index >= 15 is 0 Å². The van der Waals surface area contributed by atoms with Crippen molar-refractivity contribution in [3.05, 3.63) is 37.0 Å². The molecule has 3 saturated carbocycles. The lowest BCUT2D eigenvalue weighted by Crippen LogP contribution is -2.25. The second-order valence-corrected chi connectivity index (χ2v) is 12.2. The van der Waals surface area contributed by atoms with Gasteiger partial charge in [0.05, 0.1) is 0 Å². The van der Waals surface area contributed by atoms with E-state index < -0.39 is 0 Å². The van der Waals surface area contributed by atoms with Crippen LogP contribution in [-0.2, 0) is 0 Å². The van der Waals surface area contributed by atoms with Crippen LogP contribution in [-0.4, -0.2) is 0 Å². The van der Waals surface area contributed by atoms with E-state index in [2.05, 4.69) is 43.9 Å². The Kier molecular flexibility index (Phi) is 9.60. The van der Waals surface area contributed by atoms with E-state index in [1.165, 1.54) is 109 Å².